The van der Waals surface area contributed by atoms with Crippen LogP contribution in [-0.4, -0.2) is 35.5 Å². The van der Waals surface area contributed by atoms with Gasteiger partial charge in [0.2, 0.25) is 0 Å². The van der Waals surface area contributed by atoms with Crippen molar-refractivity contribution in [2.45, 2.75) is 31.9 Å². The molecule has 3 rings (SSSR count). The molecule has 0 amide bonds. The zero-order valence-corrected chi connectivity index (χ0v) is 12.4. The van der Waals surface area contributed by atoms with E-state index in [1.165, 1.54) is 18.5 Å². The molecular formula is C15H20BrNO. The average molecular weight is 310 g/mol. The van der Waals surface area contributed by atoms with Gasteiger partial charge in [-0.25, -0.2) is 0 Å². The Morgan fingerprint density at radius 3 is 3.00 bits per heavy atom. The number of benzene rings is 1. The first-order valence-electron chi connectivity index (χ1n) is 6.82. The van der Waals surface area contributed by atoms with Crippen LogP contribution in [0, 0.1) is 5.92 Å². The molecule has 0 aromatic heterocycles. The first kappa shape index (κ1) is 12.5. The third-order valence-corrected chi connectivity index (χ3v) is 4.97. The lowest BCUT2D eigenvalue weighted by Gasteiger charge is -2.27. The summed E-state index contributed by atoms with van der Waals surface area (Å²) in [5.74, 6) is 1.89. The lowest BCUT2D eigenvalue weighted by atomic mass is 10.0. The smallest absolute Gasteiger partial charge is 0.123 e. The Kier molecular flexibility index (Phi) is 3.62. The Labute approximate surface area is 117 Å². The van der Waals surface area contributed by atoms with Gasteiger partial charge in [0.15, 0.2) is 0 Å². The maximum atomic E-state index is 6.04. The van der Waals surface area contributed by atoms with Crippen LogP contribution in [0.3, 0.4) is 0 Å². The molecule has 2 heterocycles. The van der Waals surface area contributed by atoms with Gasteiger partial charge in [-0.1, -0.05) is 41.1 Å². The molecule has 0 saturated carbocycles. The zero-order valence-electron chi connectivity index (χ0n) is 10.8. The molecule has 98 valence electrons. The van der Waals surface area contributed by atoms with Crippen molar-refractivity contribution in [1.82, 2.24) is 4.90 Å². The molecule has 0 spiro atoms. The van der Waals surface area contributed by atoms with Crippen LogP contribution < -0.4 is 4.74 Å². The van der Waals surface area contributed by atoms with Crippen LogP contribution in [0.5, 0.6) is 5.75 Å². The molecule has 0 radical (unpaired) electrons. The maximum absolute atomic E-state index is 6.04. The van der Waals surface area contributed by atoms with E-state index in [4.69, 9.17) is 4.74 Å². The summed E-state index contributed by atoms with van der Waals surface area (Å²) in [4.78, 5) is 2.59. The highest BCUT2D eigenvalue weighted by atomic mass is 79.9. The van der Waals surface area contributed by atoms with E-state index in [-0.39, 0.29) is 0 Å². The number of nitrogens with zero attached hydrogens (tertiary/aromatic N) is 1. The number of hydrogen-bond donors (Lipinski definition) is 0. The first-order chi connectivity index (χ1) is 8.78. The van der Waals surface area contributed by atoms with Crippen LogP contribution in [0.25, 0.3) is 0 Å². The van der Waals surface area contributed by atoms with Crippen molar-refractivity contribution in [3.05, 3.63) is 29.8 Å². The summed E-state index contributed by atoms with van der Waals surface area (Å²) in [6.45, 7) is 4.64. The predicted octanol–water partition coefficient (Wildman–Crippen LogP) is 3.10. The third kappa shape index (κ3) is 2.30. The van der Waals surface area contributed by atoms with Crippen molar-refractivity contribution < 1.29 is 4.74 Å². The van der Waals surface area contributed by atoms with Gasteiger partial charge in [0, 0.05) is 24.3 Å². The van der Waals surface area contributed by atoms with Gasteiger partial charge in [-0.2, -0.15) is 0 Å². The SMILES string of the molecule is CC1CCN(CC2Cc3ccccc3O2)C1CBr. The Bertz CT molecular complexity index is 398. The monoisotopic (exact) mass is 309 g/mol. The van der Waals surface area contributed by atoms with Crippen LogP contribution in [0.2, 0.25) is 0 Å². The van der Waals surface area contributed by atoms with Gasteiger partial charge < -0.3 is 4.74 Å². The van der Waals surface area contributed by atoms with Gasteiger partial charge in [-0.3, -0.25) is 4.90 Å². The average Bonchev–Trinajstić information content (AvgIpc) is 2.93. The van der Waals surface area contributed by atoms with Crippen molar-refractivity contribution in [3.8, 4) is 5.75 Å². The molecule has 1 fully saturated rings. The molecule has 1 aromatic rings. The summed E-state index contributed by atoms with van der Waals surface area (Å²) in [7, 11) is 0. The number of para-hydroxylation sites is 1. The Morgan fingerprint density at radius 1 is 1.39 bits per heavy atom. The number of halogens is 1. The number of likely N-dealkylation sites (tertiary alicyclic amines) is 1. The van der Waals surface area contributed by atoms with Gasteiger partial charge in [-0.05, 0) is 30.5 Å². The number of alkyl halides is 1. The van der Waals surface area contributed by atoms with E-state index in [0.29, 0.717) is 12.1 Å². The van der Waals surface area contributed by atoms with Crippen LogP contribution in [-0.2, 0) is 6.42 Å². The molecule has 3 heteroatoms. The van der Waals surface area contributed by atoms with Crippen LogP contribution in [0.1, 0.15) is 18.9 Å². The Hall–Kier alpha value is -0.540. The summed E-state index contributed by atoms with van der Waals surface area (Å²) < 4.78 is 6.04. The highest BCUT2D eigenvalue weighted by molar-refractivity contribution is 9.09. The fourth-order valence-corrected chi connectivity index (χ4v) is 4.23. The van der Waals surface area contributed by atoms with E-state index in [0.717, 1.165) is 30.0 Å². The number of hydrogen-bond acceptors (Lipinski definition) is 2. The van der Waals surface area contributed by atoms with Gasteiger partial charge in [0.05, 0.1) is 0 Å². The largest absolute Gasteiger partial charge is 0.488 e. The zero-order chi connectivity index (χ0) is 12.5. The molecule has 0 aliphatic carbocycles. The highest BCUT2D eigenvalue weighted by Crippen LogP contribution is 2.31. The van der Waals surface area contributed by atoms with Crippen LogP contribution in [0.15, 0.2) is 24.3 Å². The number of ether oxygens (including phenoxy) is 1. The minimum atomic E-state index is 0.342. The highest BCUT2D eigenvalue weighted by Gasteiger charge is 2.33. The fraction of sp³-hybridized carbons (Fsp3) is 0.600. The van der Waals surface area contributed by atoms with Crippen molar-refractivity contribution in [1.29, 1.82) is 0 Å². The van der Waals surface area contributed by atoms with Crippen molar-refractivity contribution in [2.75, 3.05) is 18.4 Å². The standard InChI is InChI=1S/C15H20BrNO/c1-11-6-7-17(14(11)9-16)10-13-8-12-4-2-3-5-15(12)18-13/h2-5,11,13-14H,6-10H2,1H3. The lowest BCUT2D eigenvalue weighted by molar-refractivity contribution is 0.142. The second kappa shape index (κ2) is 5.22. The van der Waals surface area contributed by atoms with E-state index in [9.17, 15) is 0 Å². The minimum absolute atomic E-state index is 0.342. The van der Waals surface area contributed by atoms with E-state index in [2.05, 4.69) is 52.0 Å². The van der Waals surface area contributed by atoms with Gasteiger partial charge >= 0.3 is 0 Å². The molecule has 2 nitrogen and oxygen atoms in total. The van der Waals surface area contributed by atoms with E-state index in [1.54, 1.807) is 0 Å². The topological polar surface area (TPSA) is 12.5 Å². The molecule has 2 aliphatic rings. The summed E-state index contributed by atoms with van der Waals surface area (Å²) in [6, 6.07) is 9.11. The molecule has 18 heavy (non-hydrogen) atoms. The van der Waals surface area contributed by atoms with E-state index < -0.39 is 0 Å². The lowest BCUT2D eigenvalue weighted by Crippen LogP contribution is -2.40. The summed E-state index contributed by atoms with van der Waals surface area (Å²) in [6.07, 6.45) is 2.72. The van der Waals surface area contributed by atoms with Crippen molar-refractivity contribution in [3.63, 3.8) is 0 Å². The predicted molar refractivity (Wildman–Crippen MR) is 77.5 cm³/mol. The normalized spacial score (nSPS) is 31.3. The quantitative estimate of drug-likeness (QED) is 0.796. The van der Waals surface area contributed by atoms with E-state index >= 15 is 0 Å². The third-order valence-electron chi connectivity index (χ3n) is 4.31. The minimum Gasteiger partial charge on any atom is -0.488 e. The van der Waals surface area contributed by atoms with Crippen molar-refractivity contribution >= 4 is 15.9 Å². The number of rotatable bonds is 3. The number of fused-ring (bicyclic) bond motifs is 1. The van der Waals surface area contributed by atoms with Crippen LogP contribution in [0.4, 0.5) is 0 Å². The molecule has 3 atom stereocenters. The van der Waals surface area contributed by atoms with Crippen molar-refractivity contribution in [2.24, 2.45) is 5.92 Å². The molecule has 3 unspecified atom stereocenters. The molecule has 1 saturated heterocycles. The Morgan fingerprint density at radius 2 is 2.22 bits per heavy atom. The summed E-state index contributed by atoms with van der Waals surface area (Å²) in [5, 5.41) is 1.08. The van der Waals surface area contributed by atoms with Crippen LogP contribution >= 0.6 is 15.9 Å². The molecule has 1 aromatic carbocycles. The van der Waals surface area contributed by atoms with Gasteiger partial charge in [-0.15, -0.1) is 0 Å². The molecule has 2 aliphatic heterocycles. The fourth-order valence-electron chi connectivity index (χ4n) is 3.18. The second-order valence-electron chi connectivity index (χ2n) is 5.53. The Balaban J connectivity index is 1.63. The van der Waals surface area contributed by atoms with Gasteiger partial charge in [0.1, 0.15) is 11.9 Å². The van der Waals surface area contributed by atoms with Gasteiger partial charge in [0.25, 0.3) is 0 Å². The summed E-state index contributed by atoms with van der Waals surface area (Å²) in [5.41, 5.74) is 1.37. The maximum Gasteiger partial charge on any atom is 0.123 e. The molecular weight excluding hydrogens is 290 g/mol. The molecule has 0 bridgehead atoms. The molecule has 0 N–H and O–H groups in total. The second-order valence-corrected chi connectivity index (χ2v) is 6.18. The van der Waals surface area contributed by atoms with E-state index in [1.807, 2.05) is 0 Å². The summed E-state index contributed by atoms with van der Waals surface area (Å²) >= 11 is 3.65. The first-order valence-corrected chi connectivity index (χ1v) is 7.94.